The number of esters is 1. The lowest BCUT2D eigenvalue weighted by Gasteiger charge is -2.19. The predicted octanol–water partition coefficient (Wildman–Crippen LogP) is 8.90. The van der Waals surface area contributed by atoms with Crippen LogP contribution in [0.3, 0.4) is 0 Å². The van der Waals surface area contributed by atoms with Gasteiger partial charge in [-0.25, -0.2) is 0 Å². The Balaban J connectivity index is 3.91. The number of carbonyl (C=O) groups is 3. The summed E-state index contributed by atoms with van der Waals surface area (Å²) in [6, 6.07) is 0.586. The second-order valence-electron chi connectivity index (χ2n) is 11.4. The predicted molar refractivity (Wildman–Crippen MR) is 161 cm³/mol. The van der Waals surface area contributed by atoms with Crippen LogP contribution in [0.5, 0.6) is 0 Å². The van der Waals surface area contributed by atoms with Gasteiger partial charge < -0.3 is 19.6 Å². The number of unbranched alkanes of at least 4 members (excludes halogenated alkanes) is 13. The van der Waals surface area contributed by atoms with Gasteiger partial charge >= 0.3 is 5.97 Å². The lowest BCUT2D eigenvalue weighted by atomic mass is 9.99. The topological polar surface area (TPSA) is 72.5 Å². The second-order valence-corrected chi connectivity index (χ2v) is 11.4. The van der Waals surface area contributed by atoms with E-state index in [2.05, 4.69) is 19.2 Å². The SMILES string of the molecule is CCCCC(CC)COC(=O)CCCCCCCCC(CCCCCCCCC(C)=O)NCCCCC=O. The van der Waals surface area contributed by atoms with E-state index in [1.165, 1.54) is 89.9 Å². The van der Waals surface area contributed by atoms with Crippen molar-refractivity contribution in [2.75, 3.05) is 13.2 Å². The van der Waals surface area contributed by atoms with Crippen LogP contribution in [0.4, 0.5) is 0 Å². The Morgan fingerprint density at radius 2 is 1.29 bits per heavy atom. The molecule has 0 spiro atoms. The molecule has 0 aliphatic rings. The van der Waals surface area contributed by atoms with Crippen LogP contribution in [0.15, 0.2) is 0 Å². The summed E-state index contributed by atoms with van der Waals surface area (Å²) in [6.07, 6.45) is 26.5. The molecule has 0 saturated heterocycles. The van der Waals surface area contributed by atoms with Crippen LogP contribution in [-0.2, 0) is 19.1 Å². The molecule has 5 nitrogen and oxygen atoms in total. The van der Waals surface area contributed by atoms with Gasteiger partial charge in [0.1, 0.15) is 12.1 Å². The fourth-order valence-electron chi connectivity index (χ4n) is 5.03. The summed E-state index contributed by atoms with van der Waals surface area (Å²) in [5, 5.41) is 3.76. The highest BCUT2D eigenvalue weighted by atomic mass is 16.5. The number of aldehydes is 1. The molecular formula is C33H63NO4. The largest absolute Gasteiger partial charge is 0.465 e. The van der Waals surface area contributed by atoms with E-state index in [0.29, 0.717) is 37.2 Å². The van der Waals surface area contributed by atoms with Crippen LogP contribution in [0, 0.1) is 5.92 Å². The van der Waals surface area contributed by atoms with Crippen molar-refractivity contribution in [2.45, 2.75) is 174 Å². The van der Waals surface area contributed by atoms with Gasteiger partial charge in [0.15, 0.2) is 0 Å². The molecule has 1 N–H and O–H groups in total. The highest BCUT2D eigenvalue weighted by molar-refractivity contribution is 5.75. The van der Waals surface area contributed by atoms with E-state index in [1.54, 1.807) is 6.92 Å². The van der Waals surface area contributed by atoms with Gasteiger partial charge in [-0.1, -0.05) is 97.3 Å². The van der Waals surface area contributed by atoms with Gasteiger partial charge in [-0.15, -0.1) is 0 Å². The lowest BCUT2D eigenvalue weighted by molar-refractivity contribution is -0.145. The third kappa shape index (κ3) is 26.4. The Labute approximate surface area is 236 Å². The normalized spacial score (nSPS) is 12.8. The first-order chi connectivity index (χ1) is 18.5. The Kier molecular flexibility index (Phi) is 27.8. The number of hydrogen-bond acceptors (Lipinski definition) is 5. The number of Topliss-reactive ketones (excluding diaryl/α,β-unsaturated/α-hetero) is 1. The number of nitrogens with one attached hydrogen (secondary N) is 1. The molecule has 0 radical (unpaired) electrons. The summed E-state index contributed by atoms with van der Waals surface area (Å²) < 4.78 is 5.52. The van der Waals surface area contributed by atoms with Crippen molar-refractivity contribution in [3.63, 3.8) is 0 Å². The molecule has 2 atom stereocenters. The number of ether oxygens (including phenoxy) is 1. The standard InChI is InChI=1S/C33H63NO4/c1-4-6-23-31(5-2)29-38-33(37)26-19-14-10-9-13-18-25-32(34-27-20-15-21-28-35)24-17-12-8-7-11-16-22-30(3)36/h28,31-32,34H,4-27,29H2,1-3H3. The molecule has 0 fully saturated rings. The van der Waals surface area contributed by atoms with Crippen molar-refractivity contribution in [1.29, 1.82) is 0 Å². The third-order valence-corrected chi connectivity index (χ3v) is 7.72. The smallest absolute Gasteiger partial charge is 0.305 e. The Morgan fingerprint density at radius 3 is 1.84 bits per heavy atom. The molecule has 224 valence electrons. The van der Waals surface area contributed by atoms with Gasteiger partial charge in [0, 0.05) is 25.3 Å². The van der Waals surface area contributed by atoms with Crippen LogP contribution >= 0.6 is 0 Å². The van der Waals surface area contributed by atoms with Crippen LogP contribution in [-0.4, -0.2) is 37.2 Å². The summed E-state index contributed by atoms with van der Waals surface area (Å²) in [6.45, 7) is 7.69. The molecule has 0 heterocycles. The van der Waals surface area contributed by atoms with Gasteiger partial charge in [0.25, 0.3) is 0 Å². The molecule has 0 saturated carbocycles. The van der Waals surface area contributed by atoms with Crippen molar-refractivity contribution in [3.8, 4) is 0 Å². The van der Waals surface area contributed by atoms with E-state index in [-0.39, 0.29) is 5.97 Å². The van der Waals surface area contributed by atoms with Gasteiger partial charge in [0.2, 0.25) is 0 Å². The van der Waals surface area contributed by atoms with Gasteiger partial charge in [-0.3, -0.25) is 4.79 Å². The zero-order valence-corrected chi connectivity index (χ0v) is 25.5. The Bertz CT molecular complexity index is 551. The monoisotopic (exact) mass is 537 g/mol. The number of ketones is 1. The van der Waals surface area contributed by atoms with Crippen molar-refractivity contribution >= 4 is 18.0 Å². The molecule has 0 aromatic rings. The molecule has 0 aromatic carbocycles. The third-order valence-electron chi connectivity index (χ3n) is 7.72. The molecule has 0 aromatic heterocycles. The molecule has 0 bridgehead atoms. The van der Waals surface area contributed by atoms with Gasteiger partial charge in [-0.2, -0.15) is 0 Å². The summed E-state index contributed by atoms with van der Waals surface area (Å²) in [5.41, 5.74) is 0. The minimum atomic E-state index is -0.0157. The fraction of sp³-hybridized carbons (Fsp3) is 0.909. The van der Waals surface area contributed by atoms with E-state index in [9.17, 15) is 14.4 Å². The number of carbonyl (C=O) groups excluding carboxylic acids is 3. The minimum absolute atomic E-state index is 0.0157. The van der Waals surface area contributed by atoms with E-state index in [0.717, 1.165) is 57.8 Å². The van der Waals surface area contributed by atoms with Crippen LogP contribution in [0.2, 0.25) is 0 Å². The van der Waals surface area contributed by atoms with E-state index >= 15 is 0 Å². The summed E-state index contributed by atoms with van der Waals surface area (Å²) in [5.74, 6) is 0.820. The lowest BCUT2D eigenvalue weighted by Crippen LogP contribution is -2.30. The van der Waals surface area contributed by atoms with Crippen LogP contribution in [0.1, 0.15) is 168 Å². The summed E-state index contributed by atoms with van der Waals surface area (Å²) in [7, 11) is 0. The summed E-state index contributed by atoms with van der Waals surface area (Å²) >= 11 is 0. The molecule has 0 aliphatic heterocycles. The van der Waals surface area contributed by atoms with Crippen molar-refractivity contribution in [3.05, 3.63) is 0 Å². The van der Waals surface area contributed by atoms with Gasteiger partial charge in [-0.05, 0) is 64.3 Å². The second kappa shape index (κ2) is 28.8. The van der Waals surface area contributed by atoms with E-state index in [1.807, 2.05) is 0 Å². The van der Waals surface area contributed by atoms with Crippen molar-refractivity contribution in [1.82, 2.24) is 5.32 Å². The average molecular weight is 538 g/mol. The summed E-state index contributed by atoms with van der Waals surface area (Å²) in [4.78, 5) is 33.6. The zero-order valence-electron chi connectivity index (χ0n) is 25.5. The van der Waals surface area contributed by atoms with Crippen molar-refractivity contribution in [2.24, 2.45) is 5.92 Å². The van der Waals surface area contributed by atoms with E-state index in [4.69, 9.17) is 4.74 Å². The first kappa shape index (κ1) is 36.8. The first-order valence-corrected chi connectivity index (χ1v) is 16.3. The quantitative estimate of drug-likeness (QED) is 0.0562. The minimum Gasteiger partial charge on any atom is -0.465 e. The van der Waals surface area contributed by atoms with Crippen LogP contribution in [0.25, 0.3) is 0 Å². The maximum atomic E-state index is 12.0. The average Bonchev–Trinajstić information content (AvgIpc) is 2.90. The first-order valence-electron chi connectivity index (χ1n) is 16.3. The number of hydrogen-bond donors (Lipinski definition) is 1. The highest BCUT2D eigenvalue weighted by Gasteiger charge is 2.10. The molecule has 0 amide bonds. The van der Waals surface area contributed by atoms with Crippen molar-refractivity contribution < 1.29 is 19.1 Å². The fourth-order valence-corrected chi connectivity index (χ4v) is 5.03. The molecular weight excluding hydrogens is 474 g/mol. The Morgan fingerprint density at radius 1 is 0.711 bits per heavy atom. The molecule has 0 rings (SSSR count). The zero-order chi connectivity index (χ0) is 28.1. The molecule has 5 heteroatoms. The maximum Gasteiger partial charge on any atom is 0.305 e. The molecule has 0 aliphatic carbocycles. The van der Waals surface area contributed by atoms with E-state index < -0.39 is 0 Å². The van der Waals surface area contributed by atoms with Crippen LogP contribution < -0.4 is 5.32 Å². The number of rotatable bonds is 30. The Hall–Kier alpha value is -1.23. The highest BCUT2D eigenvalue weighted by Crippen LogP contribution is 2.16. The van der Waals surface area contributed by atoms with Gasteiger partial charge in [0.05, 0.1) is 6.61 Å². The molecule has 2 unspecified atom stereocenters. The molecule has 38 heavy (non-hydrogen) atoms. The maximum absolute atomic E-state index is 12.0.